The summed E-state index contributed by atoms with van der Waals surface area (Å²) in [6.45, 7) is 3.05. The van der Waals surface area contributed by atoms with Crippen LogP contribution in [0, 0.1) is 0 Å². The number of rotatable bonds is 4. The molecule has 6 nitrogen and oxygen atoms in total. The maximum atomic E-state index is 12.2. The van der Waals surface area contributed by atoms with Gasteiger partial charge in [0.2, 0.25) is 0 Å². The number of carbonyl (C=O) groups is 3. The van der Waals surface area contributed by atoms with E-state index in [2.05, 4.69) is 5.32 Å². The van der Waals surface area contributed by atoms with Gasteiger partial charge >= 0.3 is 6.03 Å². The van der Waals surface area contributed by atoms with Gasteiger partial charge in [0.25, 0.3) is 5.91 Å². The van der Waals surface area contributed by atoms with Crippen LogP contribution < -0.4 is 5.32 Å². The lowest BCUT2D eigenvalue weighted by atomic mass is 9.99. The minimum atomic E-state index is -1.23. The third kappa shape index (κ3) is 1.79. The molecule has 3 amide bonds. The fourth-order valence-electron chi connectivity index (χ4n) is 1.86. The van der Waals surface area contributed by atoms with Gasteiger partial charge in [0, 0.05) is 6.42 Å². The molecule has 6 heteroatoms. The van der Waals surface area contributed by atoms with Crippen LogP contribution in [0.3, 0.4) is 0 Å². The average molecular weight is 250 g/mol. The third-order valence-corrected chi connectivity index (χ3v) is 3.02. The molecule has 1 unspecified atom stereocenters. The van der Waals surface area contributed by atoms with Gasteiger partial charge in [-0.1, -0.05) is 6.92 Å². The third-order valence-electron chi connectivity index (χ3n) is 3.02. The maximum Gasteiger partial charge on any atom is 0.325 e. The standard InChI is InChI=1S/C12H14N2O4/c1-3-8(15)7-14-10(16)12(2,13-11(14)17)9-5-4-6-18-9/h4-6H,3,7H2,1-2H3,(H,13,17). The Balaban J connectivity index is 2.26. The molecule has 0 radical (unpaired) electrons. The number of hydrogen-bond acceptors (Lipinski definition) is 4. The predicted molar refractivity (Wildman–Crippen MR) is 61.6 cm³/mol. The topological polar surface area (TPSA) is 79.6 Å². The van der Waals surface area contributed by atoms with E-state index in [0.717, 1.165) is 4.90 Å². The zero-order chi connectivity index (χ0) is 13.3. The Morgan fingerprint density at radius 2 is 2.22 bits per heavy atom. The quantitative estimate of drug-likeness (QED) is 0.809. The molecule has 0 aromatic carbocycles. The predicted octanol–water partition coefficient (Wildman–Crippen LogP) is 1.03. The fourth-order valence-corrected chi connectivity index (χ4v) is 1.86. The number of Topliss-reactive ketones (excluding diaryl/α,β-unsaturated/α-hetero) is 1. The van der Waals surface area contributed by atoms with E-state index in [0.29, 0.717) is 5.76 Å². The van der Waals surface area contributed by atoms with E-state index in [9.17, 15) is 14.4 Å². The number of carbonyl (C=O) groups excluding carboxylic acids is 3. The van der Waals surface area contributed by atoms with E-state index in [1.807, 2.05) is 0 Å². The molecule has 1 N–H and O–H groups in total. The van der Waals surface area contributed by atoms with Crippen molar-refractivity contribution in [3.05, 3.63) is 24.2 Å². The maximum absolute atomic E-state index is 12.2. The first-order valence-electron chi connectivity index (χ1n) is 5.69. The Morgan fingerprint density at radius 1 is 1.50 bits per heavy atom. The number of urea groups is 1. The summed E-state index contributed by atoms with van der Waals surface area (Å²) in [6, 6.07) is 2.68. The summed E-state index contributed by atoms with van der Waals surface area (Å²) in [4.78, 5) is 36.2. The van der Waals surface area contributed by atoms with Crippen LogP contribution in [0.1, 0.15) is 26.0 Å². The molecule has 0 bridgehead atoms. The summed E-state index contributed by atoms with van der Waals surface area (Å²) in [7, 11) is 0. The number of nitrogens with zero attached hydrogens (tertiary/aromatic N) is 1. The fraction of sp³-hybridized carbons (Fsp3) is 0.417. The first kappa shape index (κ1) is 12.3. The zero-order valence-corrected chi connectivity index (χ0v) is 10.2. The highest BCUT2D eigenvalue weighted by Gasteiger charge is 2.51. The van der Waals surface area contributed by atoms with Crippen molar-refractivity contribution in [3.8, 4) is 0 Å². The molecule has 1 aliphatic rings. The molecular weight excluding hydrogens is 236 g/mol. The Labute approximate surface area is 104 Å². The highest BCUT2D eigenvalue weighted by atomic mass is 16.3. The van der Waals surface area contributed by atoms with E-state index in [1.165, 1.54) is 6.26 Å². The van der Waals surface area contributed by atoms with Crippen molar-refractivity contribution in [2.45, 2.75) is 25.8 Å². The summed E-state index contributed by atoms with van der Waals surface area (Å²) >= 11 is 0. The van der Waals surface area contributed by atoms with Crippen molar-refractivity contribution in [1.29, 1.82) is 0 Å². The minimum Gasteiger partial charge on any atom is -0.466 e. The van der Waals surface area contributed by atoms with E-state index in [-0.39, 0.29) is 18.7 Å². The van der Waals surface area contributed by atoms with Gasteiger partial charge in [0.05, 0.1) is 12.8 Å². The van der Waals surface area contributed by atoms with Crippen LogP contribution in [0.2, 0.25) is 0 Å². The van der Waals surface area contributed by atoms with Crippen LogP contribution in [0.25, 0.3) is 0 Å². The Bertz CT molecular complexity index is 494. The lowest BCUT2D eigenvalue weighted by Crippen LogP contribution is -2.41. The molecule has 1 aromatic rings. The van der Waals surface area contributed by atoms with Crippen LogP contribution in [0.5, 0.6) is 0 Å². The lowest BCUT2D eigenvalue weighted by Gasteiger charge is -2.18. The number of amides is 3. The Kier molecular flexibility index (Phi) is 2.94. The summed E-state index contributed by atoms with van der Waals surface area (Å²) in [5.41, 5.74) is -1.23. The molecule has 2 heterocycles. The Morgan fingerprint density at radius 3 is 2.78 bits per heavy atom. The van der Waals surface area contributed by atoms with Gasteiger partial charge in [-0.25, -0.2) is 4.79 Å². The number of hydrogen-bond donors (Lipinski definition) is 1. The van der Waals surface area contributed by atoms with Gasteiger partial charge in [0.15, 0.2) is 11.3 Å². The first-order chi connectivity index (χ1) is 8.49. The minimum absolute atomic E-state index is 0.165. The second kappa shape index (κ2) is 4.29. The van der Waals surface area contributed by atoms with Crippen LogP contribution in [0.15, 0.2) is 22.8 Å². The highest BCUT2D eigenvalue weighted by Crippen LogP contribution is 2.28. The normalized spacial score (nSPS) is 23.3. The average Bonchev–Trinajstić information content (AvgIpc) is 2.93. The zero-order valence-electron chi connectivity index (χ0n) is 10.2. The van der Waals surface area contributed by atoms with Gasteiger partial charge in [0.1, 0.15) is 5.76 Å². The smallest absolute Gasteiger partial charge is 0.325 e. The molecule has 1 aromatic heterocycles. The van der Waals surface area contributed by atoms with Gasteiger partial charge in [-0.15, -0.1) is 0 Å². The molecule has 0 saturated carbocycles. The highest BCUT2D eigenvalue weighted by molar-refractivity contribution is 6.08. The molecule has 1 aliphatic heterocycles. The van der Waals surface area contributed by atoms with Crippen LogP contribution in [-0.2, 0) is 15.1 Å². The van der Waals surface area contributed by atoms with Crippen molar-refractivity contribution in [2.24, 2.45) is 0 Å². The van der Waals surface area contributed by atoms with Gasteiger partial charge < -0.3 is 9.73 Å². The van der Waals surface area contributed by atoms with Crippen molar-refractivity contribution in [2.75, 3.05) is 6.54 Å². The van der Waals surface area contributed by atoms with Crippen LogP contribution in [-0.4, -0.2) is 29.2 Å². The van der Waals surface area contributed by atoms with Gasteiger partial charge in [-0.2, -0.15) is 0 Å². The molecule has 1 atom stereocenters. The lowest BCUT2D eigenvalue weighted by molar-refractivity contribution is -0.134. The second-order valence-electron chi connectivity index (χ2n) is 4.32. The molecule has 0 aliphatic carbocycles. The van der Waals surface area contributed by atoms with Crippen molar-refractivity contribution in [1.82, 2.24) is 10.2 Å². The number of ketones is 1. The van der Waals surface area contributed by atoms with E-state index >= 15 is 0 Å². The number of imide groups is 1. The number of nitrogens with one attached hydrogen (secondary N) is 1. The summed E-state index contributed by atoms with van der Waals surface area (Å²) in [6.07, 6.45) is 1.72. The summed E-state index contributed by atoms with van der Waals surface area (Å²) in [5, 5.41) is 2.55. The van der Waals surface area contributed by atoms with Crippen molar-refractivity contribution >= 4 is 17.7 Å². The summed E-state index contributed by atoms with van der Waals surface area (Å²) < 4.78 is 5.17. The second-order valence-corrected chi connectivity index (χ2v) is 4.32. The molecule has 0 spiro atoms. The Hall–Kier alpha value is -2.11. The van der Waals surface area contributed by atoms with E-state index in [1.54, 1.807) is 26.0 Å². The first-order valence-corrected chi connectivity index (χ1v) is 5.69. The van der Waals surface area contributed by atoms with Gasteiger partial charge in [-0.05, 0) is 19.1 Å². The molecule has 2 rings (SSSR count). The molecule has 1 fully saturated rings. The molecule has 18 heavy (non-hydrogen) atoms. The van der Waals surface area contributed by atoms with E-state index in [4.69, 9.17) is 4.42 Å². The molecule has 1 saturated heterocycles. The van der Waals surface area contributed by atoms with Gasteiger partial charge in [-0.3, -0.25) is 14.5 Å². The SMILES string of the molecule is CCC(=O)CN1C(=O)NC(C)(c2ccco2)C1=O. The molecule has 96 valence electrons. The van der Waals surface area contributed by atoms with Crippen LogP contribution in [0.4, 0.5) is 4.79 Å². The van der Waals surface area contributed by atoms with Crippen molar-refractivity contribution in [3.63, 3.8) is 0 Å². The largest absolute Gasteiger partial charge is 0.466 e. The molecular formula is C12H14N2O4. The monoisotopic (exact) mass is 250 g/mol. The summed E-state index contributed by atoms with van der Waals surface area (Å²) in [5.74, 6) is -0.279. The van der Waals surface area contributed by atoms with E-state index < -0.39 is 17.5 Å². The van der Waals surface area contributed by atoms with Crippen LogP contribution >= 0.6 is 0 Å². The van der Waals surface area contributed by atoms with Crippen molar-refractivity contribution < 1.29 is 18.8 Å². The number of furan rings is 1.